The lowest BCUT2D eigenvalue weighted by Gasteiger charge is -2.34. The normalized spacial score (nSPS) is 15.9. The summed E-state index contributed by atoms with van der Waals surface area (Å²) in [7, 11) is -4.16. The summed E-state index contributed by atoms with van der Waals surface area (Å²) < 4.78 is 28.9. The second kappa shape index (κ2) is 17.6. The Bertz CT molecular complexity index is 1860. The Hall–Kier alpha value is -4.09. The molecule has 2 heterocycles. The van der Waals surface area contributed by atoms with Crippen LogP contribution in [0.2, 0.25) is 5.02 Å². The van der Waals surface area contributed by atoms with E-state index >= 15 is 0 Å². The third-order valence-corrected chi connectivity index (χ3v) is 11.7. The summed E-state index contributed by atoms with van der Waals surface area (Å²) in [6, 6.07) is 10.4. The Balaban J connectivity index is 1.61. The lowest BCUT2D eigenvalue weighted by atomic mass is 9.95. The quantitative estimate of drug-likeness (QED) is 0.116. The number of carbonyl (C=O) groups is 4. The summed E-state index contributed by atoms with van der Waals surface area (Å²) in [5.41, 5.74) is 7.19. The topological polar surface area (TPSA) is 195 Å². The van der Waals surface area contributed by atoms with Crippen LogP contribution in [0.4, 0.5) is 15.6 Å². The maximum absolute atomic E-state index is 14.3. The highest BCUT2D eigenvalue weighted by Gasteiger charge is 2.45. The SMILES string of the molecule is CC[C@H](C)[C@@H](C(=O)N[C@@H](Cc1ccccc1)[C@@H](O)CN(CC(C)C)S(=O)(=O)c1ccc(Cl)c(N)c1)N1CC(=O)N(Cc2csc(NC(C)=O)n2)C1=O. The molecule has 1 aromatic heterocycles. The molecule has 17 heteroatoms. The van der Waals surface area contributed by atoms with Gasteiger partial charge in [0, 0.05) is 25.4 Å². The van der Waals surface area contributed by atoms with E-state index in [-0.39, 0.29) is 60.0 Å². The molecule has 1 fully saturated rings. The maximum atomic E-state index is 14.3. The molecule has 1 aliphatic heterocycles. The van der Waals surface area contributed by atoms with E-state index in [4.69, 9.17) is 17.3 Å². The number of benzene rings is 2. The molecule has 5 N–H and O–H groups in total. The number of anilines is 2. The van der Waals surface area contributed by atoms with Crippen molar-refractivity contribution in [1.82, 2.24) is 24.4 Å². The van der Waals surface area contributed by atoms with Gasteiger partial charge < -0.3 is 26.4 Å². The molecule has 4 atom stereocenters. The number of hydrogen-bond acceptors (Lipinski definition) is 10. The van der Waals surface area contributed by atoms with Crippen molar-refractivity contribution >= 4 is 67.5 Å². The number of nitrogens with zero attached hydrogens (tertiary/aromatic N) is 4. The minimum absolute atomic E-state index is 0.0644. The molecule has 0 aliphatic carbocycles. The average molecular weight is 776 g/mol. The highest BCUT2D eigenvalue weighted by atomic mass is 35.5. The first kappa shape index (κ1) is 40.7. The molecule has 282 valence electrons. The van der Waals surface area contributed by atoms with Crippen LogP contribution in [0.3, 0.4) is 0 Å². The van der Waals surface area contributed by atoms with Gasteiger partial charge in [0.2, 0.25) is 21.8 Å². The van der Waals surface area contributed by atoms with E-state index in [0.717, 1.165) is 26.1 Å². The fourth-order valence-electron chi connectivity index (χ4n) is 5.88. The van der Waals surface area contributed by atoms with Gasteiger partial charge in [0.15, 0.2) is 5.13 Å². The smallest absolute Gasteiger partial charge is 0.328 e. The predicted octanol–water partition coefficient (Wildman–Crippen LogP) is 3.95. The fraction of sp³-hybridized carbons (Fsp3) is 0.457. The van der Waals surface area contributed by atoms with Gasteiger partial charge in [-0.15, -0.1) is 11.3 Å². The first-order valence-corrected chi connectivity index (χ1v) is 19.6. The monoisotopic (exact) mass is 775 g/mol. The largest absolute Gasteiger partial charge is 0.397 e. The molecule has 0 saturated carbocycles. The Morgan fingerprint density at radius 1 is 1.12 bits per heavy atom. The van der Waals surface area contributed by atoms with Crippen molar-refractivity contribution in [3.63, 3.8) is 0 Å². The van der Waals surface area contributed by atoms with Gasteiger partial charge in [0.25, 0.3) is 5.91 Å². The van der Waals surface area contributed by atoms with Crippen LogP contribution in [-0.4, -0.2) is 94.2 Å². The summed E-state index contributed by atoms with van der Waals surface area (Å²) in [6.07, 6.45) is -0.766. The Morgan fingerprint density at radius 3 is 2.42 bits per heavy atom. The second-order valence-corrected chi connectivity index (χ2v) is 16.5. The first-order chi connectivity index (χ1) is 24.5. The van der Waals surface area contributed by atoms with Crippen LogP contribution in [0, 0.1) is 11.8 Å². The van der Waals surface area contributed by atoms with Crippen LogP contribution in [0.25, 0.3) is 0 Å². The molecule has 5 amide bonds. The Morgan fingerprint density at radius 2 is 1.81 bits per heavy atom. The van der Waals surface area contributed by atoms with Gasteiger partial charge in [-0.05, 0) is 42.0 Å². The van der Waals surface area contributed by atoms with Crippen molar-refractivity contribution in [2.75, 3.05) is 30.7 Å². The lowest BCUT2D eigenvalue weighted by Crippen LogP contribution is -2.57. The number of aliphatic hydroxyl groups excluding tert-OH is 1. The van der Waals surface area contributed by atoms with Crippen LogP contribution in [0.1, 0.15) is 52.3 Å². The van der Waals surface area contributed by atoms with E-state index in [9.17, 15) is 32.7 Å². The van der Waals surface area contributed by atoms with Crippen molar-refractivity contribution in [3.8, 4) is 0 Å². The molecule has 0 bridgehead atoms. The summed E-state index contributed by atoms with van der Waals surface area (Å²) in [6.45, 7) is 7.90. The average Bonchev–Trinajstić information content (AvgIpc) is 3.63. The van der Waals surface area contributed by atoms with E-state index in [2.05, 4.69) is 15.6 Å². The van der Waals surface area contributed by atoms with Gasteiger partial charge in [-0.2, -0.15) is 4.31 Å². The third kappa shape index (κ3) is 10.1. The zero-order chi connectivity index (χ0) is 38.3. The molecule has 0 radical (unpaired) electrons. The summed E-state index contributed by atoms with van der Waals surface area (Å²) >= 11 is 7.21. The standard InChI is InChI=1S/C35H46ClN7O7S2/c1-6-22(4)32(43-19-31(46)42(35(43)48)17-25-20-51-34(39-25)38-23(5)44)33(47)40-29(14-24-10-8-7-9-11-24)30(45)18-41(16-21(2)3)52(49,50)26-12-13-27(36)28(37)15-26/h7-13,15,20-22,29-30,32,45H,6,14,16-19,37H2,1-5H3,(H,40,47)(H,38,39,44)/t22-,29-,30-,32-/m0/s1. The van der Waals surface area contributed by atoms with Crippen molar-refractivity contribution in [3.05, 3.63) is 70.2 Å². The van der Waals surface area contributed by atoms with Gasteiger partial charge >= 0.3 is 6.03 Å². The number of aromatic nitrogens is 1. The molecule has 1 aliphatic rings. The summed E-state index contributed by atoms with van der Waals surface area (Å²) in [4.78, 5) is 59.0. The van der Waals surface area contributed by atoms with Gasteiger partial charge in [0.1, 0.15) is 12.6 Å². The third-order valence-electron chi connectivity index (χ3n) is 8.68. The minimum atomic E-state index is -4.16. The molecule has 0 spiro atoms. The van der Waals surface area contributed by atoms with Crippen LogP contribution in [-0.2, 0) is 37.4 Å². The van der Waals surface area contributed by atoms with Crippen molar-refractivity contribution < 1.29 is 32.7 Å². The van der Waals surface area contributed by atoms with E-state index in [1.165, 1.54) is 30.0 Å². The highest BCUT2D eigenvalue weighted by Crippen LogP contribution is 2.27. The Labute approximate surface area is 313 Å². The van der Waals surface area contributed by atoms with Gasteiger partial charge in [0.05, 0.1) is 40.0 Å². The molecule has 1 saturated heterocycles. The minimum Gasteiger partial charge on any atom is -0.397 e. The number of amides is 5. The number of urea groups is 1. The van der Waals surface area contributed by atoms with E-state index in [0.29, 0.717) is 17.2 Å². The molecular weight excluding hydrogens is 730 g/mol. The fourth-order valence-corrected chi connectivity index (χ4v) is 8.40. The molecular formula is C35H46ClN7O7S2. The number of nitrogen functional groups attached to an aromatic ring is 1. The number of thiazole rings is 1. The van der Waals surface area contributed by atoms with Crippen molar-refractivity contribution in [2.24, 2.45) is 11.8 Å². The molecule has 4 rings (SSSR count). The molecule has 3 aromatic rings. The zero-order valence-corrected chi connectivity index (χ0v) is 32.2. The molecule has 14 nitrogen and oxygen atoms in total. The summed E-state index contributed by atoms with van der Waals surface area (Å²) in [5, 5.41) is 19.4. The van der Waals surface area contributed by atoms with Gasteiger partial charge in [-0.3, -0.25) is 19.3 Å². The predicted molar refractivity (Wildman–Crippen MR) is 200 cm³/mol. The zero-order valence-electron chi connectivity index (χ0n) is 29.8. The van der Waals surface area contributed by atoms with Crippen LogP contribution >= 0.6 is 22.9 Å². The van der Waals surface area contributed by atoms with Gasteiger partial charge in [-0.25, -0.2) is 18.2 Å². The number of nitrogens with two attached hydrogens (primary N) is 1. The Kier molecular flexibility index (Phi) is 13.8. The number of aliphatic hydroxyl groups is 1. The number of sulfonamides is 1. The molecule has 0 unspecified atom stereocenters. The van der Waals surface area contributed by atoms with Crippen LogP contribution < -0.4 is 16.4 Å². The lowest BCUT2D eigenvalue weighted by molar-refractivity contribution is -0.129. The van der Waals surface area contributed by atoms with Crippen molar-refractivity contribution in [1.29, 1.82) is 0 Å². The number of carbonyl (C=O) groups excluding carboxylic acids is 4. The number of nitrogens with one attached hydrogen (secondary N) is 2. The van der Waals surface area contributed by atoms with E-state index < -0.39 is 52.0 Å². The van der Waals surface area contributed by atoms with Crippen LogP contribution in [0.15, 0.2) is 58.8 Å². The summed E-state index contributed by atoms with van der Waals surface area (Å²) in [5.74, 6) is -1.93. The van der Waals surface area contributed by atoms with Crippen molar-refractivity contribution in [2.45, 2.75) is 77.1 Å². The second-order valence-electron chi connectivity index (χ2n) is 13.3. The maximum Gasteiger partial charge on any atom is 0.328 e. The number of hydrogen-bond donors (Lipinski definition) is 4. The van der Waals surface area contributed by atoms with E-state index in [1.54, 1.807) is 12.3 Å². The molecule has 2 aromatic carbocycles. The highest BCUT2D eigenvalue weighted by molar-refractivity contribution is 7.89. The van der Waals surface area contributed by atoms with Crippen LogP contribution in [0.5, 0.6) is 0 Å². The number of imide groups is 1. The van der Waals surface area contributed by atoms with E-state index in [1.807, 2.05) is 51.1 Å². The number of rotatable bonds is 17. The molecule has 52 heavy (non-hydrogen) atoms. The first-order valence-electron chi connectivity index (χ1n) is 16.9. The number of halogens is 1. The van der Waals surface area contributed by atoms with Gasteiger partial charge in [-0.1, -0.05) is 76.0 Å².